The first-order valence-corrected chi connectivity index (χ1v) is 3.23. The van der Waals surface area contributed by atoms with E-state index in [2.05, 4.69) is 4.74 Å². The molecule has 0 N–H and O–H groups in total. The molecule has 1 aliphatic rings. The number of esters is 1. The van der Waals surface area contributed by atoms with Crippen LogP contribution in [0.5, 0.6) is 0 Å². The maximum Gasteiger partial charge on any atom is 0.336 e. The predicted molar refractivity (Wildman–Crippen MR) is 35.3 cm³/mol. The number of hydrogen-bond acceptors (Lipinski definition) is 3. The number of rotatable bonds is 1. The second kappa shape index (κ2) is 3.25. The van der Waals surface area contributed by atoms with Gasteiger partial charge in [0.25, 0.3) is 0 Å². The van der Waals surface area contributed by atoms with Gasteiger partial charge >= 0.3 is 5.97 Å². The van der Waals surface area contributed by atoms with E-state index in [1.807, 2.05) is 0 Å². The topological polar surface area (TPSA) is 35.5 Å². The van der Waals surface area contributed by atoms with Crippen LogP contribution < -0.4 is 0 Å². The van der Waals surface area contributed by atoms with E-state index in [0.717, 1.165) is 12.8 Å². The van der Waals surface area contributed by atoms with Crippen molar-refractivity contribution >= 4 is 5.97 Å². The molecular weight excluding hydrogens is 132 g/mol. The third-order valence-corrected chi connectivity index (χ3v) is 1.38. The monoisotopic (exact) mass is 142 g/mol. The van der Waals surface area contributed by atoms with Crippen LogP contribution in [0, 0.1) is 0 Å². The molecule has 0 saturated heterocycles. The molecule has 0 fully saturated rings. The first kappa shape index (κ1) is 7.12. The molecule has 0 aromatic rings. The minimum absolute atomic E-state index is 0.278. The molecule has 3 heteroatoms. The van der Waals surface area contributed by atoms with Crippen LogP contribution in [-0.2, 0) is 14.3 Å². The summed E-state index contributed by atoms with van der Waals surface area (Å²) >= 11 is 0. The van der Waals surface area contributed by atoms with Gasteiger partial charge in [-0.15, -0.1) is 0 Å². The van der Waals surface area contributed by atoms with Crippen molar-refractivity contribution in [2.45, 2.75) is 12.8 Å². The molecule has 0 aromatic heterocycles. The fourth-order valence-electron chi connectivity index (χ4n) is 0.846. The van der Waals surface area contributed by atoms with Crippen LogP contribution in [0.25, 0.3) is 0 Å². The number of carbonyl (C=O) groups is 1. The van der Waals surface area contributed by atoms with Crippen LogP contribution in [0.4, 0.5) is 0 Å². The van der Waals surface area contributed by atoms with E-state index in [1.54, 1.807) is 0 Å². The third-order valence-electron chi connectivity index (χ3n) is 1.38. The fourth-order valence-corrected chi connectivity index (χ4v) is 0.846. The zero-order chi connectivity index (χ0) is 7.40. The second-order valence-electron chi connectivity index (χ2n) is 2.11. The van der Waals surface area contributed by atoms with Gasteiger partial charge in [-0.05, 0) is 12.8 Å². The summed E-state index contributed by atoms with van der Waals surface area (Å²) in [7, 11) is 1.37. The molecule has 0 radical (unpaired) electrons. The largest absolute Gasteiger partial charge is 0.501 e. The predicted octanol–water partition coefficient (Wildman–Crippen LogP) is 0.854. The molecule has 0 unspecified atom stereocenters. The lowest BCUT2D eigenvalue weighted by Crippen LogP contribution is -2.09. The van der Waals surface area contributed by atoms with E-state index in [-0.39, 0.29) is 5.97 Å². The van der Waals surface area contributed by atoms with Crippen molar-refractivity contribution in [1.29, 1.82) is 0 Å². The van der Waals surface area contributed by atoms with Gasteiger partial charge in [-0.1, -0.05) is 0 Å². The first-order valence-electron chi connectivity index (χ1n) is 3.23. The van der Waals surface area contributed by atoms with Gasteiger partial charge in [0.1, 0.15) is 0 Å². The van der Waals surface area contributed by atoms with Crippen LogP contribution in [-0.4, -0.2) is 19.7 Å². The van der Waals surface area contributed by atoms with E-state index in [9.17, 15) is 4.79 Å². The Morgan fingerprint density at radius 1 is 1.80 bits per heavy atom. The second-order valence-corrected chi connectivity index (χ2v) is 2.11. The molecular formula is C7H10O3. The highest BCUT2D eigenvalue weighted by Crippen LogP contribution is 2.12. The molecule has 10 heavy (non-hydrogen) atoms. The van der Waals surface area contributed by atoms with Gasteiger partial charge in [-0.25, -0.2) is 4.79 Å². The van der Waals surface area contributed by atoms with Gasteiger partial charge < -0.3 is 9.47 Å². The summed E-state index contributed by atoms with van der Waals surface area (Å²) in [5, 5.41) is 0. The van der Waals surface area contributed by atoms with Crippen LogP contribution in [0.1, 0.15) is 12.8 Å². The van der Waals surface area contributed by atoms with E-state index in [4.69, 9.17) is 4.74 Å². The Balaban J connectivity index is 2.53. The Kier molecular flexibility index (Phi) is 2.31. The van der Waals surface area contributed by atoms with E-state index in [0.29, 0.717) is 12.2 Å². The summed E-state index contributed by atoms with van der Waals surface area (Å²) in [6.45, 7) is 0.709. The van der Waals surface area contributed by atoms with Crippen LogP contribution in [0.2, 0.25) is 0 Å². The van der Waals surface area contributed by atoms with Crippen molar-refractivity contribution in [1.82, 2.24) is 0 Å². The molecule has 0 aliphatic carbocycles. The third kappa shape index (κ3) is 1.50. The van der Waals surface area contributed by atoms with Crippen molar-refractivity contribution in [3.63, 3.8) is 0 Å². The molecule has 0 atom stereocenters. The number of ether oxygens (including phenoxy) is 2. The summed E-state index contributed by atoms with van der Waals surface area (Å²) in [6, 6.07) is 0. The number of methoxy groups -OCH3 is 1. The normalized spacial score (nSPS) is 17.1. The minimum atomic E-state index is -0.278. The van der Waals surface area contributed by atoms with Crippen LogP contribution in [0.15, 0.2) is 11.8 Å². The zero-order valence-corrected chi connectivity index (χ0v) is 5.92. The minimum Gasteiger partial charge on any atom is -0.501 e. The van der Waals surface area contributed by atoms with E-state index >= 15 is 0 Å². The summed E-state index contributed by atoms with van der Waals surface area (Å²) in [5.74, 6) is -0.278. The first-order chi connectivity index (χ1) is 4.84. The Morgan fingerprint density at radius 3 is 3.10 bits per heavy atom. The highest BCUT2D eigenvalue weighted by Gasteiger charge is 2.12. The molecule has 0 saturated carbocycles. The summed E-state index contributed by atoms with van der Waals surface area (Å²) in [4.78, 5) is 10.8. The summed E-state index contributed by atoms with van der Waals surface area (Å²) in [5.41, 5.74) is 0.633. The van der Waals surface area contributed by atoms with Crippen molar-refractivity contribution < 1.29 is 14.3 Å². The molecule has 3 nitrogen and oxygen atoms in total. The maximum atomic E-state index is 10.8. The summed E-state index contributed by atoms with van der Waals surface area (Å²) in [6.07, 6.45) is 3.16. The van der Waals surface area contributed by atoms with Gasteiger partial charge in [-0.2, -0.15) is 0 Å². The number of hydrogen-bond donors (Lipinski definition) is 0. The Bertz CT molecular complexity index is 160. The lowest BCUT2D eigenvalue weighted by Gasteiger charge is -2.10. The van der Waals surface area contributed by atoms with Gasteiger partial charge in [0.15, 0.2) is 0 Å². The van der Waals surface area contributed by atoms with Crippen molar-refractivity contribution in [2.75, 3.05) is 13.7 Å². The zero-order valence-electron chi connectivity index (χ0n) is 5.92. The van der Waals surface area contributed by atoms with Crippen molar-refractivity contribution in [3.8, 4) is 0 Å². The molecule has 56 valence electrons. The average molecular weight is 142 g/mol. The van der Waals surface area contributed by atoms with Crippen molar-refractivity contribution in [2.24, 2.45) is 0 Å². The van der Waals surface area contributed by atoms with E-state index in [1.165, 1.54) is 13.4 Å². The molecule has 1 heterocycles. The average Bonchev–Trinajstić information content (AvgIpc) is 2.05. The lowest BCUT2D eigenvalue weighted by atomic mass is 10.1. The Hall–Kier alpha value is -0.990. The lowest BCUT2D eigenvalue weighted by molar-refractivity contribution is -0.136. The van der Waals surface area contributed by atoms with Gasteiger partial charge in [0, 0.05) is 0 Å². The SMILES string of the molecule is COC(=O)C1=COCCC1. The quantitative estimate of drug-likeness (QED) is 0.509. The van der Waals surface area contributed by atoms with E-state index < -0.39 is 0 Å². The van der Waals surface area contributed by atoms with Gasteiger partial charge in [0.05, 0.1) is 25.6 Å². The van der Waals surface area contributed by atoms with Crippen LogP contribution in [0.3, 0.4) is 0 Å². The fraction of sp³-hybridized carbons (Fsp3) is 0.571. The van der Waals surface area contributed by atoms with Crippen molar-refractivity contribution in [3.05, 3.63) is 11.8 Å². The van der Waals surface area contributed by atoms with Crippen LogP contribution >= 0.6 is 0 Å². The number of carbonyl (C=O) groups excluding carboxylic acids is 1. The molecule has 0 aromatic carbocycles. The summed E-state index contributed by atoms with van der Waals surface area (Å²) < 4.78 is 9.44. The standard InChI is InChI=1S/C7H10O3/c1-9-7(8)6-3-2-4-10-5-6/h5H,2-4H2,1H3. The molecule has 1 aliphatic heterocycles. The Morgan fingerprint density at radius 2 is 2.60 bits per heavy atom. The molecule has 0 spiro atoms. The highest BCUT2D eigenvalue weighted by atomic mass is 16.5. The molecule has 0 bridgehead atoms. The smallest absolute Gasteiger partial charge is 0.336 e. The van der Waals surface area contributed by atoms with Gasteiger partial charge in [-0.3, -0.25) is 0 Å². The Labute approximate surface area is 59.6 Å². The highest BCUT2D eigenvalue weighted by molar-refractivity contribution is 5.88. The van der Waals surface area contributed by atoms with Gasteiger partial charge in [0.2, 0.25) is 0 Å². The maximum absolute atomic E-state index is 10.8. The molecule has 0 amide bonds. The molecule has 1 rings (SSSR count).